The van der Waals surface area contributed by atoms with Crippen molar-refractivity contribution in [1.82, 2.24) is 15.2 Å². The number of benzene rings is 2. The maximum Gasteiger partial charge on any atom is 0.435 e. The lowest BCUT2D eigenvalue weighted by atomic mass is 10.0. The van der Waals surface area contributed by atoms with E-state index in [2.05, 4.69) is 30.7 Å². The first-order valence-electron chi connectivity index (χ1n) is 11.3. The van der Waals surface area contributed by atoms with E-state index in [1.807, 2.05) is 25.1 Å². The smallest absolute Gasteiger partial charge is 0.378 e. The molecule has 1 saturated heterocycles. The van der Waals surface area contributed by atoms with Crippen molar-refractivity contribution in [1.29, 1.82) is 0 Å². The molecule has 4 aromatic rings. The quantitative estimate of drug-likeness (QED) is 0.350. The van der Waals surface area contributed by atoms with Crippen LogP contribution in [0, 0.1) is 6.92 Å². The van der Waals surface area contributed by atoms with Crippen LogP contribution < -0.4 is 15.5 Å². The molecule has 3 heterocycles. The standard InChI is InChI=1S/C25H23F3N6O2/c1-15-2-7-20(34-10-12-36-13-11-34)19(14-15)31-24(35)30-17-5-3-16(4-6-17)18-8-9-29-23-21(18)22(32-33-23)25(26,27)28/h2-9,14H,10-13H2,1H3,(H,29,32,33)(H2,30,31,35). The number of ether oxygens (including phenoxy) is 1. The third-order valence-electron chi connectivity index (χ3n) is 5.94. The number of aryl methyl sites for hydroxylation is 1. The number of pyridine rings is 1. The molecule has 0 spiro atoms. The molecule has 2 amide bonds. The van der Waals surface area contributed by atoms with Crippen molar-refractivity contribution in [2.75, 3.05) is 41.8 Å². The van der Waals surface area contributed by atoms with Crippen LogP contribution in [-0.4, -0.2) is 47.5 Å². The van der Waals surface area contributed by atoms with Crippen LogP contribution in [0.5, 0.6) is 0 Å². The van der Waals surface area contributed by atoms with E-state index in [1.54, 1.807) is 24.3 Å². The molecule has 1 aliphatic heterocycles. The number of aromatic amines is 1. The number of rotatable bonds is 4. The molecule has 186 valence electrons. The van der Waals surface area contributed by atoms with E-state index in [4.69, 9.17) is 4.74 Å². The topological polar surface area (TPSA) is 95.2 Å². The van der Waals surface area contributed by atoms with Crippen molar-refractivity contribution < 1.29 is 22.7 Å². The van der Waals surface area contributed by atoms with Gasteiger partial charge in [0.2, 0.25) is 0 Å². The second-order valence-corrected chi connectivity index (χ2v) is 8.43. The van der Waals surface area contributed by atoms with Crippen molar-refractivity contribution in [2.45, 2.75) is 13.1 Å². The largest absolute Gasteiger partial charge is 0.435 e. The van der Waals surface area contributed by atoms with E-state index in [-0.39, 0.29) is 11.0 Å². The highest BCUT2D eigenvalue weighted by molar-refractivity contribution is 6.02. The zero-order valence-electron chi connectivity index (χ0n) is 19.3. The number of carbonyl (C=O) groups excluding carboxylic acids is 1. The molecule has 1 aliphatic rings. The van der Waals surface area contributed by atoms with E-state index in [0.717, 1.165) is 24.3 Å². The average Bonchev–Trinajstić information content (AvgIpc) is 3.30. The first kappa shape index (κ1) is 23.6. The lowest BCUT2D eigenvalue weighted by Gasteiger charge is -2.30. The minimum absolute atomic E-state index is 0.0515. The number of amides is 2. The molecule has 0 bridgehead atoms. The van der Waals surface area contributed by atoms with Gasteiger partial charge in [0.1, 0.15) is 0 Å². The highest BCUT2D eigenvalue weighted by Gasteiger charge is 2.37. The number of halogens is 3. The van der Waals surface area contributed by atoms with E-state index in [9.17, 15) is 18.0 Å². The van der Waals surface area contributed by atoms with Crippen LogP contribution in [0.2, 0.25) is 0 Å². The summed E-state index contributed by atoms with van der Waals surface area (Å²) in [7, 11) is 0. The Labute approximate surface area is 204 Å². The Balaban J connectivity index is 1.34. The summed E-state index contributed by atoms with van der Waals surface area (Å²) in [6, 6.07) is 13.5. The van der Waals surface area contributed by atoms with Crippen molar-refractivity contribution in [2.24, 2.45) is 0 Å². The van der Waals surface area contributed by atoms with Gasteiger partial charge in [0, 0.05) is 25.0 Å². The summed E-state index contributed by atoms with van der Waals surface area (Å²) in [4.78, 5) is 18.9. The SMILES string of the molecule is Cc1ccc(N2CCOCC2)c(NC(=O)Nc2ccc(-c3ccnc4[nH]nc(C(F)(F)F)c34)cc2)c1. The zero-order chi connectivity index (χ0) is 25.3. The Morgan fingerprint density at radius 1 is 1.06 bits per heavy atom. The Bertz CT molecular complexity index is 1400. The molecule has 36 heavy (non-hydrogen) atoms. The molecule has 0 saturated carbocycles. The number of H-pyrrole nitrogens is 1. The highest BCUT2D eigenvalue weighted by Crippen LogP contribution is 2.37. The van der Waals surface area contributed by atoms with Gasteiger partial charge in [-0.3, -0.25) is 5.10 Å². The number of anilines is 3. The molecule has 0 aliphatic carbocycles. The molecule has 8 nitrogen and oxygen atoms in total. The van der Waals surface area contributed by atoms with E-state index >= 15 is 0 Å². The lowest BCUT2D eigenvalue weighted by molar-refractivity contribution is -0.139. The number of aromatic nitrogens is 3. The van der Waals surface area contributed by atoms with Gasteiger partial charge in [0.25, 0.3) is 0 Å². The fourth-order valence-corrected chi connectivity index (χ4v) is 4.24. The van der Waals surface area contributed by atoms with Crippen LogP contribution in [0.3, 0.4) is 0 Å². The number of alkyl halides is 3. The van der Waals surface area contributed by atoms with Crippen molar-refractivity contribution >= 4 is 34.1 Å². The van der Waals surface area contributed by atoms with Crippen LogP contribution in [0.15, 0.2) is 54.7 Å². The van der Waals surface area contributed by atoms with Gasteiger partial charge in [-0.15, -0.1) is 0 Å². The van der Waals surface area contributed by atoms with E-state index in [0.29, 0.717) is 35.7 Å². The van der Waals surface area contributed by atoms with Crippen LogP contribution in [0.4, 0.5) is 35.0 Å². The average molecular weight is 496 g/mol. The first-order chi connectivity index (χ1) is 17.3. The summed E-state index contributed by atoms with van der Waals surface area (Å²) >= 11 is 0. The molecule has 0 unspecified atom stereocenters. The summed E-state index contributed by atoms with van der Waals surface area (Å²) in [5, 5.41) is 11.3. The second-order valence-electron chi connectivity index (χ2n) is 8.43. The predicted octanol–water partition coefficient (Wildman–Crippen LogP) is 5.43. The van der Waals surface area contributed by atoms with Crippen molar-refractivity contribution in [3.05, 3.63) is 66.0 Å². The Morgan fingerprint density at radius 3 is 2.53 bits per heavy atom. The molecule has 2 aromatic heterocycles. The van der Waals surface area contributed by atoms with Crippen LogP contribution >= 0.6 is 0 Å². The molecule has 2 aromatic carbocycles. The zero-order valence-corrected chi connectivity index (χ0v) is 19.3. The summed E-state index contributed by atoms with van der Waals surface area (Å²) in [5.74, 6) is 0. The number of nitrogens with one attached hydrogen (secondary N) is 3. The number of morpholine rings is 1. The number of carbonyl (C=O) groups is 1. The van der Waals surface area contributed by atoms with Crippen LogP contribution in [0.25, 0.3) is 22.2 Å². The Hall–Kier alpha value is -4.12. The third-order valence-corrected chi connectivity index (χ3v) is 5.94. The van der Waals surface area contributed by atoms with Gasteiger partial charge in [0.15, 0.2) is 11.3 Å². The van der Waals surface area contributed by atoms with Gasteiger partial charge in [0.05, 0.1) is 30.0 Å². The summed E-state index contributed by atoms with van der Waals surface area (Å²) in [6.07, 6.45) is -3.20. The molecule has 0 radical (unpaired) electrons. The second kappa shape index (κ2) is 9.50. The minimum atomic E-state index is -4.62. The van der Waals surface area contributed by atoms with Gasteiger partial charge >= 0.3 is 12.2 Å². The van der Waals surface area contributed by atoms with Crippen LogP contribution in [-0.2, 0) is 10.9 Å². The number of urea groups is 1. The number of hydrogen-bond acceptors (Lipinski definition) is 5. The molecule has 5 rings (SSSR count). The van der Waals surface area contributed by atoms with Gasteiger partial charge < -0.3 is 20.3 Å². The molecule has 11 heteroatoms. The van der Waals surface area contributed by atoms with Gasteiger partial charge in [-0.1, -0.05) is 18.2 Å². The predicted molar refractivity (Wildman–Crippen MR) is 131 cm³/mol. The van der Waals surface area contributed by atoms with Gasteiger partial charge in [-0.2, -0.15) is 18.3 Å². The fourth-order valence-electron chi connectivity index (χ4n) is 4.24. The number of hydrogen-bond donors (Lipinski definition) is 3. The summed E-state index contributed by atoms with van der Waals surface area (Å²) in [6.45, 7) is 4.66. The number of fused-ring (bicyclic) bond motifs is 1. The van der Waals surface area contributed by atoms with Gasteiger partial charge in [-0.25, -0.2) is 9.78 Å². The van der Waals surface area contributed by atoms with Crippen molar-refractivity contribution in [3.8, 4) is 11.1 Å². The van der Waals surface area contributed by atoms with Crippen molar-refractivity contribution in [3.63, 3.8) is 0 Å². The van der Waals surface area contributed by atoms with E-state index < -0.39 is 17.9 Å². The fraction of sp³-hybridized carbons (Fsp3) is 0.240. The first-order valence-corrected chi connectivity index (χ1v) is 11.3. The van der Waals surface area contributed by atoms with E-state index in [1.165, 1.54) is 12.3 Å². The highest BCUT2D eigenvalue weighted by atomic mass is 19.4. The third kappa shape index (κ3) is 4.82. The Morgan fingerprint density at radius 2 is 1.81 bits per heavy atom. The number of nitrogens with zero attached hydrogens (tertiary/aromatic N) is 3. The summed E-state index contributed by atoms with van der Waals surface area (Å²) < 4.78 is 45.7. The minimum Gasteiger partial charge on any atom is -0.378 e. The molecule has 3 N–H and O–H groups in total. The lowest BCUT2D eigenvalue weighted by Crippen LogP contribution is -2.37. The Kier molecular flexibility index (Phi) is 6.23. The normalized spacial score (nSPS) is 14.2. The molecule has 0 atom stereocenters. The molecular weight excluding hydrogens is 473 g/mol. The van der Waals surface area contributed by atoms with Gasteiger partial charge in [-0.05, 0) is 53.9 Å². The van der Waals surface area contributed by atoms with Crippen LogP contribution in [0.1, 0.15) is 11.3 Å². The molecular formula is C25H23F3N6O2. The maximum atomic E-state index is 13.4. The summed E-state index contributed by atoms with van der Waals surface area (Å²) in [5.41, 5.74) is 3.01. The monoisotopic (exact) mass is 496 g/mol. The molecule has 1 fully saturated rings. The maximum absolute atomic E-state index is 13.4.